The maximum Gasteiger partial charge on any atom is 0.359 e. The summed E-state index contributed by atoms with van der Waals surface area (Å²) in [5, 5.41) is 5.22. The molecule has 2 aromatic rings. The van der Waals surface area contributed by atoms with E-state index in [0.717, 1.165) is 17.5 Å². The van der Waals surface area contributed by atoms with Gasteiger partial charge in [-0.05, 0) is 19.9 Å². The summed E-state index contributed by atoms with van der Waals surface area (Å²) in [6, 6.07) is 7.68. The zero-order chi connectivity index (χ0) is 13.5. The number of nitrogens with zero attached hydrogens (tertiary/aromatic N) is 2. The first kappa shape index (κ1) is 12.2. The fourth-order valence-corrected chi connectivity index (χ4v) is 2.13. The van der Waals surface area contributed by atoms with E-state index in [-0.39, 0.29) is 11.6 Å². The summed E-state index contributed by atoms with van der Waals surface area (Å²) in [7, 11) is 0. The van der Waals surface area contributed by atoms with E-state index in [9.17, 15) is 4.79 Å². The third-order valence-electron chi connectivity index (χ3n) is 3.25. The lowest BCUT2D eigenvalue weighted by Gasteiger charge is -2.06. The summed E-state index contributed by atoms with van der Waals surface area (Å²) >= 11 is 0. The number of para-hydroxylation sites is 1. The highest BCUT2D eigenvalue weighted by Gasteiger charge is 2.40. The van der Waals surface area contributed by atoms with E-state index < -0.39 is 0 Å². The molecule has 0 bridgehead atoms. The molecule has 1 unspecified atom stereocenters. The summed E-state index contributed by atoms with van der Waals surface area (Å²) < 4.78 is 12.3. The summed E-state index contributed by atoms with van der Waals surface area (Å²) in [5.74, 6) is -0.376. The van der Waals surface area contributed by atoms with Crippen LogP contribution < -0.4 is 0 Å². The molecule has 1 fully saturated rings. The van der Waals surface area contributed by atoms with E-state index in [2.05, 4.69) is 5.10 Å². The first-order chi connectivity index (χ1) is 9.13. The smallest absolute Gasteiger partial charge is 0.359 e. The first-order valence-electron chi connectivity index (χ1n) is 6.39. The van der Waals surface area contributed by atoms with Gasteiger partial charge in [-0.25, -0.2) is 4.79 Å². The van der Waals surface area contributed by atoms with Crippen LogP contribution in [0.25, 0.3) is 10.9 Å². The van der Waals surface area contributed by atoms with Crippen LogP contribution in [0.4, 0.5) is 0 Å². The Bertz CT molecular complexity index is 629. The lowest BCUT2D eigenvalue weighted by atomic mass is 10.2. The molecule has 1 aliphatic heterocycles. The van der Waals surface area contributed by atoms with Crippen LogP contribution in [0.1, 0.15) is 24.3 Å². The molecule has 0 spiro atoms. The number of ether oxygens (including phenoxy) is 2. The molecule has 2 heterocycles. The van der Waals surface area contributed by atoms with Crippen molar-refractivity contribution in [3.63, 3.8) is 0 Å². The predicted octanol–water partition coefficient (Wildman–Crippen LogP) is 2.00. The van der Waals surface area contributed by atoms with Crippen LogP contribution in [0.3, 0.4) is 0 Å². The second-order valence-corrected chi connectivity index (χ2v) is 4.98. The predicted molar refractivity (Wildman–Crippen MR) is 70.0 cm³/mol. The van der Waals surface area contributed by atoms with Crippen molar-refractivity contribution in [3.8, 4) is 0 Å². The van der Waals surface area contributed by atoms with Crippen molar-refractivity contribution >= 4 is 16.9 Å². The first-order valence-corrected chi connectivity index (χ1v) is 6.39. The highest BCUT2D eigenvalue weighted by Crippen LogP contribution is 2.30. The molecule has 0 radical (unpaired) electrons. The van der Waals surface area contributed by atoms with Gasteiger partial charge in [0, 0.05) is 5.39 Å². The number of esters is 1. The molecule has 1 atom stereocenters. The number of fused-ring (bicyclic) bond motifs is 1. The van der Waals surface area contributed by atoms with Crippen LogP contribution in [-0.4, -0.2) is 34.6 Å². The Hall–Kier alpha value is -1.88. The minimum atomic E-state index is -0.376. The minimum Gasteiger partial charge on any atom is -0.461 e. The molecule has 1 aliphatic rings. The van der Waals surface area contributed by atoms with Crippen LogP contribution in [0.15, 0.2) is 24.3 Å². The number of carbonyl (C=O) groups excluding carboxylic acids is 1. The Balaban J connectivity index is 2.05. The van der Waals surface area contributed by atoms with E-state index in [1.165, 1.54) is 0 Å². The van der Waals surface area contributed by atoms with Gasteiger partial charge in [-0.15, -0.1) is 0 Å². The van der Waals surface area contributed by atoms with Gasteiger partial charge in [0.05, 0.1) is 25.3 Å². The molecule has 0 aliphatic carbocycles. The van der Waals surface area contributed by atoms with Crippen molar-refractivity contribution in [2.24, 2.45) is 0 Å². The Labute approximate surface area is 111 Å². The second kappa shape index (κ2) is 4.35. The summed E-state index contributed by atoms with van der Waals surface area (Å²) in [6.45, 7) is 5.55. The maximum absolute atomic E-state index is 11.9. The highest BCUT2D eigenvalue weighted by molar-refractivity contribution is 6.02. The van der Waals surface area contributed by atoms with Crippen LogP contribution >= 0.6 is 0 Å². The van der Waals surface area contributed by atoms with Crippen molar-refractivity contribution in [2.75, 3.05) is 13.2 Å². The van der Waals surface area contributed by atoms with Crippen molar-refractivity contribution in [2.45, 2.75) is 26.0 Å². The second-order valence-electron chi connectivity index (χ2n) is 4.98. The van der Waals surface area contributed by atoms with E-state index in [1.54, 1.807) is 6.92 Å². The normalized spacial score (nSPS) is 21.6. The molecule has 1 aromatic carbocycles. The van der Waals surface area contributed by atoms with Crippen LogP contribution in [-0.2, 0) is 16.0 Å². The molecule has 100 valence electrons. The van der Waals surface area contributed by atoms with Gasteiger partial charge in [0.15, 0.2) is 5.69 Å². The summed E-state index contributed by atoms with van der Waals surface area (Å²) in [6.07, 6.45) is 0. The van der Waals surface area contributed by atoms with Gasteiger partial charge in [-0.1, -0.05) is 18.2 Å². The van der Waals surface area contributed by atoms with E-state index in [0.29, 0.717) is 18.8 Å². The van der Waals surface area contributed by atoms with E-state index in [4.69, 9.17) is 9.47 Å². The number of rotatable bonds is 4. The molecule has 3 rings (SSSR count). The van der Waals surface area contributed by atoms with E-state index in [1.807, 2.05) is 35.9 Å². The fraction of sp³-hybridized carbons (Fsp3) is 0.429. The van der Waals surface area contributed by atoms with Gasteiger partial charge in [0.25, 0.3) is 0 Å². The number of carbonyl (C=O) groups is 1. The molecule has 5 heteroatoms. The van der Waals surface area contributed by atoms with Gasteiger partial charge in [0.1, 0.15) is 5.60 Å². The lowest BCUT2D eigenvalue weighted by molar-refractivity contribution is 0.0520. The van der Waals surface area contributed by atoms with Crippen LogP contribution in [0, 0.1) is 0 Å². The third-order valence-corrected chi connectivity index (χ3v) is 3.25. The Morgan fingerprint density at radius 2 is 2.26 bits per heavy atom. The number of hydrogen-bond acceptors (Lipinski definition) is 4. The standard InChI is InChI=1S/C14H16N2O3/c1-3-18-13(17)12-10-6-4-5-7-11(10)16(15-12)8-14(2)9-19-14/h4-7H,3,8-9H2,1-2H3. The van der Waals surface area contributed by atoms with Crippen LogP contribution in [0.2, 0.25) is 0 Å². The van der Waals surface area contributed by atoms with E-state index >= 15 is 0 Å². The largest absolute Gasteiger partial charge is 0.461 e. The zero-order valence-electron chi connectivity index (χ0n) is 11.0. The average Bonchev–Trinajstić information content (AvgIpc) is 3.01. The van der Waals surface area contributed by atoms with Crippen molar-refractivity contribution in [1.29, 1.82) is 0 Å². The highest BCUT2D eigenvalue weighted by atomic mass is 16.6. The van der Waals surface area contributed by atoms with Gasteiger partial charge in [0.2, 0.25) is 0 Å². The molecule has 1 saturated heterocycles. The Kier molecular flexibility index (Phi) is 2.78. The van der Waals surface area contributed by atoms with Gasteiger partial charge < -0.3 is 9.47 Å². The SMILES string of the molecule is CCOC(=O)c1nn(CC2(C)CO2)c2ccccc12. The summed E-state index contributed by atoms with van der Waals surface area (Å²) in [5.41, 5.74) is 1.16. The quantitative estimate of drug-likeness (QED) is 0.623. The van der Waals surface area contributed by atoms with Crippen molar-refractivity contribution in [3.05, 3.63) is 30.0 Å². The van der Waals surface area contributed by atoms with Gasteiger partial charge >= 0.3 is 5.97 Å². The van der Waals surface area contributed by atoms with Crippen molar-refractivity contribution < 1.29 is 14.3 Å². The minimum absolute atomic E-state index is 0.152. The summed E-state index contributed by atoms with van der Waals surface area (Å²) in [4.78, 5) is 11.9. The van der Waals surface area contributed by atoms with Crippen LogP contribution in [0.5, 0.6) is 0 Å². The topological polar surface area (TPSA) is 56.6 Å². The molecular weight excluding hydrogens is 244 g/mol. The zero-order valence-corrected chi connectivity index (χ0v) is 11.0. The number of epoxide rings is 1. The molecular formula is C14H16N2O3. The third kappa shape index (κ3) is 2.21. The molecule has 0 saturated carbocycles. The molecule has 19 heavy (non-hydrogen) atoms. The van der Waals surface area contributed by atoms with Gasteiger partial charge in [-0.2, -0.15) is 5.10 Å². The molecule has 0 N–H and O–H groups in total. The average molecular weight is 260 g/mol. The van der Waals surface area contributed by atoms with Crippen molar-refractivity contribution in [1.82, 2.24) is 9.78 Å². The fourth-order valence-electron chi connectivity index (χ4n) is 2.13. The van der Waals surface area contributed by atoms with Gasteiger partial charge in [-0.3, -0.25) is 4.68 Å². The lowest BCUT2D eigenvalue weighted by Crippen LogP contribution is -2.17. The Morgan fingerprint density at radius 1 is 1.53 bits per heavy atom. The molecule has 0 amide bonds. The monoisotopic (exact) mass is 260 g/mol. The molecule has 5 nitrogen and oxygen atoms in total. The number of aromatic nitrogens is 2. The number of benzene rings is 1. The Morgan fingerprint density at radius 3 is 2.95 bits per heavy atom. The number of hydrogen-bond donors (Lipinski definition) is 0. The maximum atomic E-state index is 11.9. The molecule has 1 aromatic heterocycles.